The van der Waals surface area contributed by atoms with Gasteiger partial charge in [0.1, 0.15) is 0 Å². The zero-order valence-electron chi connectivity index (χ0n) is 8.50. The predicted molar refractivity (Wildman–Crippen MR) is 60.1 cm³/mol. The van der Waals surface area contributed by atoms with Gasteiger partial charge in [0, 0.05) is 4.47 Å². The van der Waals surface area contributed by atoms with E-state index in [1.165, 1.54) is 0 Å². The minimum absolute atomic E-state index is 0.259. The molecule has 4 heteroatoms. The second kappa shape index (κ2) is 4.41. The molecular formula is C11H13BrO3. The van der Waals surface area contributed by atoms with Crippen LogP contribution in [0, 0.1) is 0 Å². The van der Waals surface area contributed by atoms with Gasteiger partial charge in [-0.3, -0.25) is 0 Å². The first-order valence-corrected chi connectivity index (χ1v) is 5.78. The SMILES string of the molecule is CCCC(O)c1cc2c(cc1Br)OCO2. The number of aliphatic hydroxyl groups excluding tert-OH is 1. The molecule has 0 radical (unpaired) electrons. The number of hydrogen-bond donors (Lipinski definition) is 1. The van der Waals surface area contributed by atoms with E-state index in [1.807, 2.05) is 19.1 Å². The predicted octanol–water partition coefficient (Wildman–Crippen LogP) is 3.01. The molecule has 82 valence electrons. The molecule has 2 rings (SSSR count). The maximum atomic E-state index is 9.91. The summed E-state index contributed by atoms with van der Waals surface area (Å²) in [6, 6.07) is 3.68. The maximum absolute atomic E-state index is 9.91. The van der Waals surface area contributed by atoms with E-state index < -0.39 is 6.10 Å². The number of aliphatic hydroxyl groups is 1. The highest BCUT2D eigenvalue weighted by atomic mass is 79.9. The van der Waals surface area contributed by atoms with Crippen molar-refractivity contribution >= 4 is 15.9 Å². The Balaban J connectivity index is 2.31. The van der Waals surface area contributed by atoms with Gasteiger partial charge in [0.15, 0.2) is 11.5 Å². The summed E-state index contributed by atoms with van der Waals surface area (Å²) in [5, 5.41) is 9.91. The molecule has 0 bridgehead atoms. The normalized spacial score (nSPS) is 15.4. The number of rotatable bonds is 3. The summed E-state index contributed by atoms with van der Waals surface area (Å²) in [6.45, 7) is 2.30. The Kier molecular flexibility index (Phi) is 3.17. The first-order valence-electron chi connectivity index (χ1n) is 4.99. The molecule has 1 unspecified atom stereocenters. The topological polar surface area (TPSA) is 38.7 Å². The summed E-state index contributed by atoms with van der Waals surface area (Å²) in [6.07, 6.45) is 1.25. The number of ether oxygens (including phenoxy) is 2. The van der Waals surface area contributed by atoms with E-state index in [0.29, 0.717) is 5.75 Å². The van der Waals surface area contributed by atoms with E-state index in [4.69, 9.17) is 9.47 Å². The van der Waals surface area contributed by atoms with Crippen molar-refractivity contribution in [2.75, 3.05) is 6.79 Å². The summed E-state index contributed by atoms with van der Waals surface area (Å²) >= 11 is 3.42. The van der Waals surface area contributed by atoms with Crippen molar-refractivity contribution in [3.05, 3.63) is 22.2 Å². The Labute approximate surface area is 97.1 Å². The maximum Gasteiger partial charge on any atom is 0.231 e. The standard InChI is InChI=1S/C11H13BrO3/c1-2-3-9(13)7-4-10-11(5-8(7)12)15-6-14-10/h4-5,9,13H,2-3,6H2,1H3. The molecule has 0 fully saturated rings. The molecule has 0 saturated carbocycles. The number of hydrogen-bond acceptors (Lipinski definition) is 3. The monoisotopic (exact) mass is 272 g/mol. The van der Waals surface area contributed by atoms with Gasteiger partial charge in [-0.1, -0.05) is 29.3 Å². The van der Waals surface area contributed by atoms with Crippen LogP contribution in [-0.4, -0.2) is 11.9 Å². The molecule has 3 nitrogen and oxygen atoms in total. The summed E-state index contributed by atoms with van der Waals surface area (Å²) in [7, 11) is 0. The van der Waals surface area contributed by atoms with E-state index in [-0.39, 0.29) is 6.79 Å². The lowest BCUT2D eigenvalue weighted by Gasteiger charge is -2.12. The summed E-state index contributed by atoms with van der Waals surface area (Å²) in [4.78, 5) is 0. The van der Waals surface area contributed by atoms with Gasteiger partial charge in [-0.2, -0.15) is 0 Å². The van der Waals surface area contributed by atoms with Gasteiger partial charge in [-0.15, -0.1) is 0 Å². The molecule has 1 aliphatic rings. The van der Waals surface area contributed by atoms with Crippen LogP contribution in [0.5, 0.6) is 11.5 Å². The fourth-order valence-electron chi connectivity index (χ4n) is 1.62. The van der Waals surface area contributed by atoms with E-state index in [9.17, 15) is 5.11 Å². The number of benzene rings is 1. The average Bonchev–Trinajstić information content (AvgIpc) is 2.63. The highest BCUT2D eigenvalue weighted by Crippen LogP contribution is 2.39. The van der Waals surface area contributed by atoms with Gasteiger partial charge in [0.05, 0.1) is 6.10 Å². The largest absolute Gasteiger partial charge is 0.454 e. The lowest BCUT2D eigenvalue weighted by Crippen LogP contribution is -1.98. The average molecular weight is 273 g/mol. The second-order valence-electron chi connectivity index (χ2n) is 3.53. The molecule has 1 atom stereocenters. The highest BCUT2D eigenvalue weighted by Gasteiger charge is 2.19. The second-order valence-corrected chi connectivity index (χ2v) is 4.39. The smallest absolute Gasteiger partial charge is 0.231 e. The van der Waals surface area contributed by atoms with Crippen molar-refractivity contribution in [3.63, 3.8) is 0 Å². The molecule has 0 amide bonds. The van der Waals surface area contributed by atoms with Crippen molar-refractivity contribution in [3.8, 4) is 11.5 Å². The van der Waals surface area contributed by atoms with Gasteiger partial charge >= 0.3 is 0 Å². The van der Waals surface area contributed by atoms with Crippen LogP contribution in [-0.2, 0) is 0 Å². The summed E-state index contributed by atoms with van der Waals surface area (Å²) in [5.74, 6) is 1.44. The van der Waals surface area contributed by atoms with Crippen LogP contribution in [0.25, 0.3) is 0 Å². The van der Waals surface area contributed by atoms with Crippen LogP contribution < -0.4 is 9.47 Å². The first-order chi connectivity index (χ1) is 7.22. The third-order valence-electron chi connectivity index (χ3n) is 2.41. The minimum atomic E-state index is -0.445. The zero-order chi connectivity index (χ0) is 10.8. The quantitative estimate of drug-likeness (QED) is 0.920. The zero-order valence-corrected chi connectivity index (χ0v) is 10.1. The van der Waals surface area contributed by atoms with Crippen LogP contribution in [0.15, 0.2) is 16.6 Å². The van der Waals surface area contributed by atoms with Crippen LogP contribution in [0.4, 0.5) is 0 Å². The fraction of sp³-hybridized carbons (Fsp3) is 0.455. The molecular weight excluding hydrogens is 260 g/mol. The van der Waals surface area contributed by atoms with Gasteiger partial charge in [-0.05, 0) is 24.1 Å². The Bertz CT molecular complexity index is 365. The van der Waals surface area contributed by atoms with Gasteiger partial charge in [0.2, 0.25) is 6.79 Å². The van der Waals surface area contributed by atoms with Crippen LogP contribution in [0.2, 0.25) is 0 Å². The lowest BCUT2D eigenvalue weighted by atomic mass is 10.0. The van der Waals surface area contributed by atoms with Crippen LogP contribution >= 0.6 is 15.9 Å². The van der Waals surface area contributed by atoms with Gasteiger partial charge in [-0.25, -0.2) is 0 Å². The van der Waals surface area contributed by atoms with Crippen LogP contribution in [0.3, 0.4) is 0 Å². The van der Waals surface area contributed by atoms with Gasteiger partial charge in [0.25, 0.3) is 0 Å². The van der Waals surface area contributed by atoms with Crippen molar-refractivity contribution in [2.45, 2.75) is 25.9 Å². The Hall–Kier alpha value is -0.740. The van der Waals surface area contributed by atoms with Gasteiger partial charge < -0.3 is 14.6 Å². The fourth-order valence-corrected chi connectivity index (χ4v) is 2.20. The molecule has 0 aromatic heterocycles. The third-order valence-corrected chi connectivity index (χ3v) is 3.10. The number of fused-ring (bicyclic) bond motifs is 1. The molecule has 1 N–H and O–H groups in total. The molecule has 1 aromatic carbocycles. The van der Waals surface area contributed by atoms with Crippen LogP contribution in [0.1, 0.15) is 31.4 Å². The molecule has 1 aromatic rings. The molecule has 0 aliphatic carbocycles. The minimum Gasteiger partial charge on any atom is -0.454 e. The molecule has 1 heterocycles. The van der Waals surface area contributed by atoms with Crippen molar-refractivity contribution < 1.29 is 14.6 Å². The Morgan fingerprint density at radius 3 is 2.73 bits per heavy atom. The van der Waals surface area contributed by atoms with Crippen molar-refractivity contribution in [2.24, 2.45) is 0 Å². The number of halogens is 1. The van der Waals surface area contributed by atoms with E-state index >= 15 is 0 Å². The first kappa shape index (κ1) is 10.8. The lowest BCUT2D eigenvalue weighted by molar-refractivity contribution is 0.164. The van der Waals surface area contributed by atoms with Crippen molar-refractivity contribution in [1.29, 1.82) is 0 Å². The summed E-state index contributed by atoms with van der Waals surface area (Å²) < 4.78 is 11.4. The highest BCUT2D eigenvalue weighted by molar-refractivity contribution is 9.10. The Morgan fingerprint density at radius 2 is 2.07 bits per heavy atom. The van der Waals surface area contributed by atoms with Crippen molar-refractivity contribution in [1.82, 2.24) is 0 Å². The molecule has 0 spiro atoms. The molecule has 15 heavy (non-hydrogen) atoms. The van der Waals surface area contributed by atoms with E-state index in [1.54, 1.807) is 0 Å². The summed E-state index contributed by atoms with van der Waals surface area (Å²) in [5.41, 5.74) is 0.862. The third kappa shape index (κ3) is 2.11. The molecule has 1 aliphatic heterocycles. The Morgan fingerprint density at radius 1 is 1.40 bits per heavy atom. The van der Waals surface area contributed by atoms with E-state index in [2.05, 4.69) is 15.9 Å². The molecule has 0 saturated heterocycles. The van der Waals surface area contributed by atoms with E-state index in [0.717, 1.165) is 28.6 Å².